The van der Waals surface area contributed by atoms with Gasteiger partial charge in [-0.1, -0.05) is 30.3 Å². The SMILES string of the molecule is CO[C@](C(=O)N1CCN(C(=O)OC(C)(C)C)[C@@H](C)C1)(c1ccccc1)C(F)(F)F. The Labute approximate surface area is 168 Å². The number of carbonyl (C=O) groups excluding carboxylic acids is 2. The van der Waals surface area contributed by atoms with Crippen LogP contribution in [0.25, 0.3) is 0 Å². The van der Waals surface area contributed by atoms with Gasteiger partial charge in [-0.05, 0) is 27.7 Å². The molecule has 0 aromatic heterocycles. The number of ether oxygens (including phenoxy) is 2. The Morgan fingerprint density at radius 1 is 1.07 bits per heavy atom. The molecule has 0 unspecified atom stereocenters. The van der Waals surface area contributed by atoms with Gasteiger partial charge in [-0.15, -0.1) is 0 Å². The number of methoxy groups -OCH3 is 1. The van der Waals surface area contributed by atoms with E-state index in [1.54, 1.807) is 33.8 Å². The van der Waals surface area contributed by atoms with E-state index in [1.807, 2.05) is 0 Å². The van der Waals surface area contributed by atoms with Crippen LogP contribution in [0.4, 0.5) is 18.0 Å². The molecular formula is C20H27F3N2O4. The first kappa shape index (κ1) is 23.0. The van der Waals surface area contributed by atoms with Gasteiger partial charge in [0, 0.05) is 38.3 Å². The number of nitrogens with zero attached hydrogens (tertiary/aromatic N) is 2. The van der Waals surface area contributed by atoms with Gasteiger partial charge >= 0.3 is 12.3 Å². The average molecular weight is 416 g/mol. The third kappa shape index (κ3) is 4.66. The van der Waals surface area contributed by atoms with Gasteiger partial charge in [-0.3, -0.25) is 4.79 Å². The second kappa shape index (κ2) is 8.22. The van der Waals surface area contributed by atoms with Crippen LogP contribution in [-0.4, -0.2) is 66.4 Å². The molecule has 0 bridgehead atoms. The summed E-state index contributed by atoms with van der Waals surface area (Å²) < 4.78 is 52.5. The summed E-state index contributed by atoms with van der Waals surface area (Å²) in [5, 5.41) is 0. The molecule has 0 N–H and O–H groups in total. The van der Waals surface area contributed by atoms with Crippen molar-refractivity contribution in [3.8, 4) is 0 Å². The van der Waals surface area contributed by atoms with E-state index in [2.05, 4.69) is 0 Å². The number of piperazine rings is 1. The molecule has 2 atom stereocenters. The van der Waals surface area contributed by atoms with Crippen molar-refractivity contribution in [1.82, 2.24) is 9.80 Å². The van der Waals surface area contributed by atoms with E-state index < -0.39 is 35.4 Å². The van der Waals surface area contributed by atoms with Crippen LogP contribution in [0, 0.1) is 0 Å². The third-order valence-electron chi connectivity index (χ3n) is 4.73. The number of benzene rings is 1. The van der Waals surface area contributed by atoms with Crippen LogP contribution >= 0.6 is 0 Å². The Hall–Kier alpha value is -2.29. The van der Waals surface area contributed by atoms with Crippen LogP contribution in [0.5, 0.6) is 0 Å². The Morgan fingerprint density at radius 3 is 2.10 bits per heavy atom. The highest BCUT2D eigenvalue weighted by atomic mass is 19.4. The number of hydrogen-bond acceptors (Lipinski definition) is 4. The van der Waals surface area contributed by atoms with Gasteiger partial charge in [0.15, 0.2) is 0 Å². The summed E-state index contributed by atoms with van der Waals surface area (Å²) in [6.07, 6.45) is -5.53. The van der Waals surface area contributed by atoms with Crippen molar-refractivity contribution in [3.05, 3.63) is 35.9 Å². The Balaban J connectivity index is 2.28. The maximum absolute atomic E-state index is 14.1. The van der Waals surface area contributed by atoms with Crippen LogP contribution in [-0.2, 0) is 19.9 Å². The molecule has 1 aliphatic heterocycles. The molecule has 1 aromatic carbocycles. The summed E-state index contributed by atoms with van der Waals surface area (Å²) in [6, 6.07) is 6.33. The van der Waals surface area contributed by atoms with E-state index in [0.29, 0.717) is 0 Å². The molecule has 2 rings (SSSR count). The van der Waals surface area contributed by atoms with Gasteiger partial charge in [0.1, 0.15) is 5.60 Å². The summed E-state index contributed by atoms with van der Waals surface area (Å²) in [5.74, 6) is -1.20. The highest BCUT2D eigenvalue weighted by Gasteiger charge is 2.64. The zero-order valence-corrected chi connectivity index (χ0v) is 17.2. The molecule has 2 amide bonds. The maximum atomic E-state index is 14.1. The first-order chi connectivity index (χ1) is 13.3. The van der Waals surface area contributed by atoms with Gasteiger partial charge in [-0.25, -0.2) is 4.79 Å². The molecule has 0 radical (unpaired) electrons. The lowest BCUT2D eigenvalue weighted by atomic mass is 9.90. The summed E-state index contributed by atoms with van der Waals surface area (Å²) in [6.45, 7) is 6.78. The molecule has 0 saturated carbocycles. The van der Waals surface area contributed by atoms with E-state index >= 15 is 0 Å². The van der Waals surface area contributed by atoms with Gasteiger partial charge < -0.3 is 19.3 Å². The molecule has 1 fully saturated rings. The third-order valence-corrected chi connectivity index (χ3v) is 4.73. The van der Waals surface area contributed by atoms with Crippen molar-refractivity contribution in [2.75, 3.05) is 26.7 Å². The van der Waals surface area contributed by atoms with Gasteiger partial charge in [0.05, 0.1) is 0 Å². The summed E-state index contributed by atoms with van der Waals surface area (Å²) in [7, 11) is 0.874. The first-order valence-electron chi connectivity index (χ1n) is 9.30. The monoisotopic (exact) mass is 416 g/mol. The summed E-state index contributed by atoms with van der Waals surface area (Å²) >= 11 is 0. The Bertz CT molecular complexity index is 733. The van der Waals surface area contributed by atoms with Crippen LogP contribution in [0.3, 0.4) is 0 Å². The minimum atomic E-state index is -4.97. The van der Waals surface area contributed by atoms with Crippen molar-refractivity contribution in [2.45, 2.75) is 51.1 Å². The normalized spacial score (nSPS) is 20.2. The summed E-state index contributed by atoms with van der Waals surface area (Å²) in [4.78, 5) is 27.9. The predicted octanol–water partition coefficient (Wildman–Crippen LogP) is 3.56. The molecule has 0 aliphatic carbocycles. The van der Waals surface area contributed by atoms with E-state index in [-0.39, 0.29) is 25.2 Å². The lowest BCUT2D eigenvalue weighted by Gasteiger charge is -2.44. The fourth-order valence-corrected chi connectivity index (χ4v) is 3.36. The molecule has 0 spiro atoms. The van der Waals surface area contributed by atoms with Gasteiger partial charge in [0.25, 0.3) is 11.5 Å². The maximum Gasteiger partial charge on any atom is 0.430 e. The predicted molar refractivity (Wildman–Crippen MR) is 100 cm³/mol. The number of hydrogen-bond donors (Lipinski definition) is 0. The number of halogens is 3. The second-order valence-electron chi connectivity index (χ2n) is 8.02. The quantitative estimate of drug-likeness (QED) is 0.756. The van der Waals surface area contributed by atoms with Crippen LogP contribution in [0.15, 0.2) is 30.3 Å². The minimum Gasteiger partial charge on any atom is -0.444 e. The highest BCUT2D eigenvalue weighted by Crippen LogP contribution is 2.43. The second-order valence-corrected chi connectivity index (χ2v) is 8.02. The lowest BCUT2D eigenvalue weighted by Crippen LogP contribution is -2.63. The van der Waals surface area contributed by atoms with E-state index in [0.717, 1.165) is 12.0 Å². The van der Waals surface area contributed by atoms with Crippen molar-refractivity contribution in [3.63, 3.8) is 0 Å². The molecule has 162 valence electrons. The smallest absolute Gasteiger partial charge is 0.430 e. The Kier molecular flexibility index (Phi) is 6.51. The van der Waals surface area contributed by atoms with E-state index in [1.165, 1.54) is 29.2 Å². The molecule has 1 aromatic rings. The first-order valence-corrected chi connectivity index (χ1v) is 9.30. The number of amides is 2. The molecule has 1 saturated heterocycles. The van der Waals surface area contributed by atoms with Crippen LogP contribution < -0.4 is 0 Å². The molecule has 29 heavy (non-hydrogen) atoms. The average Bonchev–Trinajstić information content (AvgIpc) is 2.60. The highest BCUT2D eigenvalue weighted by molar-refractivity contribution is 5.88. The van der Waals surface area contributed by atoms with E-state index in [4.69, 9.17) is 9.47 Å². The topological polar surface area (TPSA) is 59.1 Å². The summed E-state index contributed by atoms with van der Waals surface area (Å²) in [5.41, 5.74) is -4.09. The molecule has 6 nitrogen and oxygen atoms in total. The van der Waals surface area contributed by atoms with Crippen molar-refractivity contribution >= 4 is 12.0 Å². The van der Waals surface area contributed by atoms with E-state index in [9.17, 15) is 22.8 Å². The Morgan fingerprint density at radius 2 is 1.66 bits per heavy atom. The zero-order valence-electron chi connectivity index (χ0n) is 17.2. The van der Waals surface area contributed by atoms with Gasteiger partial charge in [-0.2, -0.15) is 13.2 Å². The van der Waals surface area contributed by atoms with Crippen LogP contribution in [0.1, 0.15) is 33.3 Å². The molecule has 1 heterocycles. The van der Waals surface area contributed by atoms with Crippen molar-refractivity contribution < 1.29 is 32.2 Å². The van der Waals surface area contributed by atoms with Crippen molar-refractivity contribution in [1.29, 1.82) is 0 Å². The fraction of sp³-hybridized carbons (Fsp3) is 0.600. The van der Waals surface area contributed by atoms with Crippen LogP contribution in [0.2, 0.25) is 0 Å². The zero-order chi connectivity index (χ0) is 22.0. The van der Waals surface area contributed by atoms with Crippen molar-refractivity contribution in [2.24, 2.45) is 0 Å². The van der Waals surface area contributed by atoms with Gasteiger partial charge in [0.2, 0.25) is 0 Å². The molecular weight excluding hydrogens is 389 g/mol. The largest absolute Gasteiger partial charge is 0.444 e. The number of rotatable bonds is 3. The number of alkyl halides is 3. The standard InChI is InChI=1S/C20H27F3N2O4/c1-14-13-24(11-12-25(14)17(27)29-18(2,3)4)16(26)19(28-5,20(21,22)23)15-9-7-6-8-10-15/h6-10,14H,11-13H2,1-5H3/t14-,19-/m0/s1. The minimum absolute atomic E-state index is 0.0591. The fourth-order valence-electron chi connectivity index (χ4n) is 3.36. The molecule has 1 aliphatic rings. The lowest BCUT2D eigenvalue weighted by molar-refractivity contribution is -0.271. The number of carbonyl (C=O) groups is 2. The molecule has 9 heteroatoms.